The van der Waals surface area contributed by atoms with Gasteiger partial charge in [-0.1, -0.05) is 207 Å². The first kappa shape index (κ1) is 34.7. The van der Waals surface area contributed by atoms with Crippen LogP contribution < -0.4 is 4.90 Å². The molecule has 9 aromatic carbocycles. The van der Waals surface area contributed by atoms with Crippen LogP contribution in [0.3, 0.4) is 0 Å². The fourth-order valence-electron chi connectivity index (χ4n) is 9.83. The molecule has 0 bridgehead atoms. The molecule has 1 heteroatoms. The Morgan fingerprint density at radius 2 is 1.02 bits per heavy atom. The molecule has 0 atom stereocenters. The molecule has 0 fully saturated rings. The van der Waals surface area contributed by atoms with Gasteiger partial charge in [-0.2, -0.15) is 0 Å². The van der Waals surface area contributed by atoms with Gasteiger partial charge in [-0.25, -0.2) is 0 Å². The lowest BCUT2D eigenvalue weighted by Gasteiger charge is -2.34. The van der Waals surface area contributed by atoms with Crippen LogP contribution in [0.2, 0.25) is 0 Å². The maximum Gasteiger partial charge on any atom is 0.0713 e. The molecule has 0 N–H and O–H groups in total. The first-order valence-corrected chi connectivity index (χ1v) is 20.5. The molecule has 1 aliphatic carbocycles. The van der Waals surface area contributed by atoms with E-state index in [4.69, 9.17) is 6.58 Å². The lowest BCUT2D eigenvalue weighted by Crippen LogP contribution is -2.28. The Labute approximate surface area is 346 Å². The van der Waals surface area contributed by atoms with Crippen LogP contribution in [0.25, 0.3) is 44.7 Å². The van der Waals surface area contributed by atoms with Gasteiger partial charge in [-0.3, -0.25) is 0 Å². The summed E-state index contributed by atoms with van der Waals surface area (Å²) in [4.78, 5) is 2.36. The van der Waals surface area contributed by atoms with Crippen molar-refractivity contribution in [3.63, 3.8) is 0 Å². The molecule has 0 aromatic heterocycles. The minimum atomic E-state index is -0.393. The number of hydrogen-bond acceptors (Lipinski definition) is 1. The summed E-state index contributed by atoms with van der Waals surface area (Å²) in [6.45, 7) is 4.70. The lowest BCUT2D eigenvalue weighted by molar-refractivity contribution is 0.768. The zero-order chi connectivity index (χ0) is 39.3. The summed E-state index contributed by atoms with van der Waals surface area (Å²) in [6.07, 6.45) is 5.26. The van der Waals surface area contributed by atoms with Crippen molar-refractivity contribution in [2.75, 3.05) is 4.90 Å². The largest absolute Gasteiger partial charge is 0.316 e. The number of rotatable bonds is 6. The van der Waals surface area contributed by atoms with Crippen LogP contribution in [-0.4, -0.2) is 0 Å². The van der Waals surface area contributed by atoms with Crippen LogP contribution in [0.1, 0.15) is 50.1 Å². The van der Waals surface area contributed by atoms with Gasteiger partial charge >= 0.3 is 0 Å². The van der Waals surface area contributed by atoms with Gasteiger partial charge in [0.1, 0.15) is 0 Å². The van der Waals surface area contributed by atoms with Gasteiger partial charge < -0.3 is 4.90 Å². The second-order valence-corrected chi connectivity index (χ2v) is 15.7. The van der Waals surface area contributed by atoms with Crippen molar-refractivity contribution in [3.8, 4) is 22.3 Å². The van der Waals surface area contributed by atoms with Crippen molar-refractivity contribution >= 4 is 33.8 Å². The highest BCUT2D eigenvalue weighted by Crippen LogP contribution is 2.56. The van der Waals surface area contributed by atoms with Crippen molar-refractivity contribution in [1.82, 2.24) is 0 Å². The Kier molecular flexibility index (Phi) is 8.34. The first-order valence-electron chi connectivity index (χ1n) is 20.5. The van der Waals surface area contributed by atoms with Crippen LogP contribution in [0.15, 0.2) is 225 Å². The quantitative estimate of drug-likeness (QED) is 0.164. The van der Waals surface area contributed by atoms with E-state index in [1.54, 1.807) is 0 Å². The maximum atomic E-state index is 4.70. The van der Waals surface area contributed by atoms with Crippen molar-refractivity contribution in [2.45, 2.75) is 11.8 Å². The van der Waals surface area contributed by atoms with Gasteiger partial charge in [-0.05, 0) is 108 Å². The zero-order valence-electron chi connectivity index (χ0n) is 32.7. The summed E-state index contributed by atoms with van der Waals surface area (Å²) in [5.74, 6) is 0. The number of hydrogen-bond donors (Lipinski definition) is 0. The Bertz CT molecular complexity index is 3030. The highest BCUT2D eigenvalue weighted by molar-refractivity contribution is 6.05. The summed E-state index contributed by atoms with van der Waals surface area (Å²) < 4.78 is 0. The molecular formula is C58H41N. The molecule has 11 rings (SSSR count). The molecule has 9 aromatic rings. The Hall–Kier alpha value is -7.48. The molecule has 1 nitrogen and oxygen atoms in total. The van der Waals surface area contributed by atoms with Gasteiger partial charge in [0.05, 0.1) is 11.1 Å². The average molecular weight is 752 g/mol. The summed E-state index contributed by atoms with van der Waals surface area (Å²) in [6, 6.07) is 77.8. The van der Waals surface area contributed by atoms with Crippen LogP contribution >= 0.6 is 0 Å². The van der Waals surface area contributed by atoms with Crippen LogP contribution in [-0.2, 0) is 11.8 Å². The summed E-state index contributed by atoms with van der Waals surface area (Å²) in [5.41, 5.74) is 19.2. The Morgan fingerprint density at radius 3 is 1.76 bits per heavy atom. The van der Waals surface area contributed by atoms with Crippen LogP contribution in [0.5, 0.6) is 0 Å². The molecule has 278 valence electrons. The molecule has 0 saturated carbocycles. The van der Waals surface area contributed by atoms with Crippen LogP contribution in [0.4, 0.5) is 11.4 Å². The fourth-order valence-corrected chi connectivity index (χ4v) is 9.83. The lowest BCUT2D eigenvalue weighted by atomic mass is 9.67. The van der Waals surface area contributed by atoms with E-state index in [-0.39, 0.29) is 0 Å². The second kappa shape index (κ2) is 14.2. The van der Waals surface area contributed by atoms with E-state index < -0.39 is 5.41 Å². The molecule has 0 spiro atoms. The highest BCUT2D eigenvalue weighted by Gasteiger charge is 2.45. The van der Waals surface area contributed by atoms with E-state index >= 15 is 0 Å². The molecular weight excluding hydrogens is 711 g/mol. The zero-order valence-corrected chi connectivity index (χ0v) is 32.7. The Balaban J connectivity index is 0.936. The summed E-state index contributed by atoms with van der Waals surface area (Å²) >= 11 is 0. The van der Waals surface area contributed by atoms with Gasteiger partial charge in [0.25, 0.3) is 0 Å². The topological polar surface area (TPSA) is 3.24 Å². The third-order valence-electron chi connectivity index (χ3n) is 12.6. The van der Waals surface area contributed by atoms with Crippen LogP contribution in [0, 0.1) is 0 Å². The monoisotopic (exact) mass is 751 g/mol. The normalized spacial score (nSPS) is 14.1. The van der Waals surface area contributed by atoms with Crippen molar-refractivity contribution < 1.29 is 0 Å². The predicted octanol–water partition coefficient (Wildman–Crippen LogP) is 14.6. The predicted molar refractivity (Wildman–Crippen MR) is 248 cm³/mol. The number of anilines is 2. The van der Waals surface area contributed by atoms with Crippen molar-refractivity contribution in [2.24, 2.45) is 0 Å². The van der Waals surface area contributed by atoms with Gasteiger partial charge in [0, 0.05) is 17.5 Å². The summed E-state index contributed by atoms with van der Waals surface area (Å²) in [5, 5.41) is 2.42. The second-order valence-electron chi connectivity index (χ2n) is 15.7. The molecule has 0 amide bonds. The molecule has 0 radical (unpaired) electrons. The van der Waals surface area contributed by atoms with Crippen molar-refractivity contribution in [1.29, 1.82) is 0 Å². The maximum absolute atomic E-state index is 4.70. The van der Waals surface area contributed by atoms with E-state index in [0.29, 0.717) is 0 Å². The third kappa shape index (κ3) is 5.62. The standard InChI is InChI=1S/C58H41N/c1-40-49-20-8-5-16-45(49)37-38-59(56-36-33-44-15-6-9-21-50(44)57(40)56)55-26-14-7-17-46(55)39-41-27-29-42(30-28-41)43-31-34-48(35-32-43)58(47-18-3-2-4-19-47)53-24-12-10-22-51(53)52-23-11-13-25-54(52)58/h2-38H,1,39H2/b38-37-. The number of benzene rings is 9. The molecule has 0 saturated heterocycles. The minimum Gasteiger partial charge on any atom is -0.316 e. The summed E-state index contributed by atoms with van der Waals surface area (Å²) in [7, 11) is 0. The van der Waals surface area contributed by atoms with Gasteiger partial charge in [-0.15, -0.1) is 0 Å². The number of para-hydroxylation sites is 1. The molecule has 1 aliphatic heterocycles. The van der Waals surface area contributed by atoms with E-state index in [9.17, 15) is 0 Å². The number of nitrogens with zero attached hydrogens (tertiary/aromatic N) is 1. The number of fused-ring (bicyclic) bond motifs is 7. The highest BCUT2D eigenvalue weighted by atomic mass is 15.1. The minimum absolute atomic E-state index is 0.393. The van der Waals surface area contributed by atoms with E-state index in [1.807, 2.05) is 0 Å². The van der Waals surface area contributed by atoms with E-state index in [1.165, 1.54) is 72.0 Å². The SMILES string of the molecule is C=C1c2ccccc2/C=C\N(c2ccccc2Cc2ccc(-c3ccc(C4(c5ccccc5)c5ccccc5-c5ccccc54)cc3)cc2)c2ccc3ccccc3c21. The van der Waals surface area contributed by atoms with Crippen molar-refractivity contribution in [3.05, 3.63) is 275 Å². The molecule has 59 heavy (non-hydrogen) atoms. The smallest absolute Gasteiger partial charge is 0.0713 e. The molecule has 1 heterocycles. The third-order valence-corrected chi connectivity index (χ3v) is 12.6. The van der Waals surface area contributed by atoms with Gasteiger partial charge in [0.2, 0.25) is 0 Å². The molecule has 2 aliphatic rings. The fraction of sp³-hybridized carbons (Fsp3) is 0.0345. The van der Waals surface area contributed by atoms with E-state index in [0.717, 1.165) is 34.5 Å². The average Bonchev–Trinajstić information content (AvgIpc) is 3.60. The van der Waals surface area contributed by atoms with Gasteiger partial charge in [0.15, 0.2) is 0 Å². The molecule has 0 unspecified atom stereocenters. The van der Waals surface area contributed by atoms with E-state index in [2.05, 4.69) is 229 Å². The first-order chi connectivity index (χ1) is 29.2. The Morgan fingerprint density at radius 1 is 0.441 bits per heavy atom.